The van der Waals surface area contributed by atoms with Gasteiger partial charge in [0.1, 0.15) is 71.8 Å². The van der Waals surface area contributed by atoms with Crippen LogP contribution in [-0.4, -0.2) is 176 Å². The molecule has 774 valence electrons. The summed E-state index contributed by atoms with van der Waals surface area (Å²) in [6.07, 6.45) is 10.0. The molecular weight excluding hydrogens is 1970 g/mol. The average molecular weight is 2080 g/mol. The molecule has 1 saturated carbocycles. The van der Waals surface area contributed by atoms with Crippen molar-refractivity contribution in [2.24, 2.45) is 11.8 Å². The Balaban J connectivity index is 0.000000138. The molecule has 5 aliphatic heterocycles. The Morgan fingerprint density at radius 3 is 1.68 bits per heavy atom. The number of carbonyl (C=O) groups is 3. The number of carbonyl (C=O) groups excluding carboxylic acids is 3. The summed E-state index contributed by atoms with van der Waals surface area (Å²) in [7, 11) is 0. The van der Waals surface area contributed by atoms with E-state index in [0.29, 0.717) is 65.1 Å². The number of nitrogens with zero attached hydrogens (tertiary/aromatic N) is 7. The summed E-state index contributed by atoms with van der Waals surface area (Å²) < 4.78 is 83.5. The summed E-state index contributed by atoms with van der Waals surface area (Å²) in [6.45, 7) is 4.54. The Bertz CT molecular complexity index is 7160. The minimum absolute atomic E-state index is 0.0100. The summed E-state index contributed by atoms with van der Waals surface area (Å²) in [5.74, 6) is 1.27. The molecule has 0 bridgehead atoms. The van der Waals surface area contributed by atoms with Gasteiger partial charge < -0.3 is 64.6 Å². The molecule has 4 saturated heterocycles. The van der Waals surface area contributed by atoms with Crippen LogP contribution in [0.2, 0.25) is 0 Å². The fourth-order valence-electron chi connectivity index (χ4n) is 19.2. The van der Waals surface area contributed by atoms with E-state index < -0.39 is 124 Å². The number of alkyl halides is 3. The zero-order valence-electron chi connectivity index (χ0n) is 80.5. The molecule has 41 heteroatoms. The summed E-state index contributed by atoms with van der Waals surface area (Å²) in [5, 5.41) is 67.6. The summed E-state index contributed by atoms with van der Waals surface area (Å²) in [5.41, 5.74) is 2.44. The van der Waals surface area contributed by atoms with Crippen LogP contribution in [0.3, 0.4) is 0 Å². The second-order valence-corrected chi connectivity index (χ2v) is 39.0. The lowest BCUT2D eigenvalue weighted by Gasteiger charge is -2.37. The van der Waals surface area contributed by atoms with Gasteiger partial charge in [0, 0.05) is 96.0 Å². The predicted octanol–water partition coefficient (Wildman–Crippen LogP) is 11.8. The number of halogens is 3. The van der Waals surface area contributed by atoms with Gasteiger partial charge in [-0.3, -0.25) is 71.8 Å². The molecule has 13 atom stereocenters. The quantitative estimate of drug-likeness (QED) is 0.0104. The van der Waals surface area contributed by atoms with Gasteiger partial charge in [-0.2, -0.15) is 24.5 Å². The van der Waals surface area contributed by atoms with Crippen LogP contribution in [-0.2, 0) is 62.8 Å². The number of ether oxygens (including phenoxy) is 6. The van der Waals surface area contributed by atoms with Gasteiger partial charge in [-0.05, 0) is 145 Å². The lowest BCUT2D eigenvalue weighted by molar-refractivity contribution is -0.137. The number of ketones is 3. The lowest BCUT2D eigenvalue weighted by Crippen LogP contribution is -2.46. The third kappa shape index (κ3) is 25.1. The Morgan fingerprint density at radius 1 is 0.574 bits per heavy atom. The Morgan fingerprint density at radius 2 is 1.11 bits per heavy atom. The van der Waals surface area contributed by atoms with Crippen molar-refractivity contribution in [2.45, 2.75) is 196 Å². The summed E-state index contributed by atoms with van der Waals surface area (Å²) >= 11 is 8.39. The summed E-state index contributed by atoms with van der Waals surface area (Å²) in [4.78, 5) is 143. The number of para-hydroxylation sites is 2. The number of allylic oxidation sites excluding steroid dienone is 3. The molecule has 35 nitrogen and oxygen atoms in total. The van der Waals surface area contributed by atoms with Gasteiger partial charge in [-0.1, -0.05) is 189 Å². The molecule has 5 fully saturated rings. The highest BCUT2D eigenvalue weighted by Gasteiger charge is 2.47. The second-order valence-electron chi connectivity index (χ2n) is 36.9. The molecule has 6 aromatic carbocycles. The topological polar surface area (TPSA) is 482 Å². The highest BCUT2D eigenvalue weighted by molar-refractivity contribution is 7.80. The molecule has 7 aromatic heterocycles. The number of anilines is 1. The molecule has 20 rings (SSSR count). The number of benzene rings is 6. The van der Waals surface area contributed by atoms with Crippen molar-refractivity contribution in [1.29, 1.82) is 0 Å². The maximum Gasteiger partial charge on any atom is 0.416 e. The standard InChI is InChI=1S/C37H33F3N4O4S.C24H22N2O4.C20H27N3O4.2C13H14N2O5S/c1-24-22-44(35(46)43-33(24)45)32-21-30(42-34(49)41-29-19-11-18-28(20-29)37(38,39)40)31(48-32)23-47-36(25-12-5-2-6-13-25,26-14-7-3-8-15-26)27-16-9-4-10-17-27;1-16-15-26(24(29)25-23(16)28)14-8-2-3-11-19(27)22-17-9-4-6-12-20(17)30-21-13-7-5-10-18(21)22;1-12-6-15(18(26)9-17(12)25)19-8-16(20(11-24)27-19)23-10-14(21-22-23)7-13-4-2-3-5-13;16-5-10-9(17)3-11(20-10)15-4-8(7-1-2-21-6-7)12(18)14-13(15)19;16-6-9-8(17)4-11(20-9)15-5-7(10-2-1-3-21-10)12(18)14-13(15)19/h2-20,22,30-32H,21,23H2,1H3,(H2,41,42,49)(H,43,45,46);2,4-10,12-13,15,22H,3,11,14H2,1H3,(H,25,28,29);6,10,13,15-16,19-20,24H,2-5,7-9,11H2,1H3;1-2,4,6,9-11,16-17H,3,5H2,(H,14,18,19);1-3,5,8-9,11,16-17H,4,6H2,(H,14,18,19)/b;8-2-;;;/t30-,31+,32+;;15?,16-,19+,20+;9-,10+,11+;8-,9+,11+/m0.010/s1. The Kier molecular flexibility index (Phi) is 34.8. The van der Waals surface area contributed by atoms with Crippen LogP contribution in [0.5, 0.6) is 11.5 Å². The van der Waals surface area contributed by atoms with Crippen LogP contribution in [0.25, 0.3) is 21.6 Å². The summed E-state index contributed by atoms with van der Waals surface area (Å²) in [6, 6.07) is 54.0. The number of rotatable bonds is 26. The van der Waals surface area contributed by atoms with E-state index in [-0.39, 0.29) is 104 Å². The highest BCUT2D eigenvalue weighted by atomic mass is 32.1. The van der Waals surface area contributed by atoms with Crippen molar-refractivity contribution in [3.63, 3.8) is 0 Å². The monoisotopic (exact) mass is 2080 g/mol. The Labute approximate surface area is 856 Å². The first-order chi connectivity index (χ1) is 71.3. The van der Waals surface area contributed by atoms with Gasteiger partial charge >= 0.3 is 28.9 Å². The van der Waals surface area contributed by atoms with Crippen LogP contribution in [0.4, 0.5) is 18.9 Å². The van der Waals surface area contributed by atoms with Crippen molar-refractivity contribution in [3.8, 4) is 33.1 Å². The molecular formula is C107H110F3N13O22S3. The highest BCUT2D eigenvalue weighted by Crippen LogP contribution is 2.47. The Hall–Kier alpha value is -14.1. The van der Waals surface area contributed by atoms with Crippen LogP contribution >= 0.6 is 34.9 Å². The normalized spacial score (nSPS) is 21.6. The van der Waals surface area contributed by atoms with Crippen molar-refractivity contribution in [3.05, 3.63) is 386 Å². The number of aryl methyl sites for hydroxylation is 2. The van der Waals surface area contributed by atoms with E-state index in [2.05, 4.69) is 40.9 Å². The number of H-pyrrole nitrogens is 4. The molecule has 0 radical (unpaired) electrons. The number of aromatic nitrogens is 11. The fourth-order valence-corrected chi connectivity index (χ4v) is 20.9. The third-order valence-electron chi connectivity index (χ3n) is 26.9. The molecule has 12 heterocycles. The smallest absolute Gasteiger partial charge is 0.416 e. The minimum Gasteiger partial charge on any atom is -0.457 e. The van der Waals surface area contributed by atoms with Crippen LogP contribution in [0.1, 0.15) is 158 Å². The van der Waals surface area contributed by atoms with E-state index in [0.717, 1.165) is 68.4 Å². The number of aliphatic hydroxyl groups excluding tert-OH is 5. The number of hydrogen-bond donors (Lipinski definition) is 11. The predicted molar refractivity (Wildman–Crippen MR) is 548 cm³/mol. The van der Waals surface area contributed by atoms with Crippen molar-refractivity contribution >= 4 is 63.0 Å². The maximum absolute atomic E-state index is 13.4. The number of nitrogens with one attached hydrogen (secondary N) is 6. The maximum atomic E-state index is 13.4. The van der Waals surface area contributed by atoms with Gasteiger partial charge in [-0.15, -0.1) is 16.4 Å². The number of Topliss-reactive ketones (excluding diaryl/α,β-unsaturated/α-hetero) is 3. The number of thiocarbonyl (C=S) groups is 1. The number of fused-ring (bicyclic) bond motifs is 2. The molecule has 0 spiro atoms. The lowest BCUT2D eigenvalue weighted by atomic mass is 9.80. The van der Waals surface area contributed by atoms with Gasteiger partial charge in [-0.25, -0.2) is 23.9 Å². The molecule has 2 aliphatic carbocycles. The van der Waals surface area contributed by atoms with Crippen molar-refractivity contribution in [2.75, 3.05) is 31.7 Å². The molecule has 148 heavy (non-hydrogen) atoms. The number of hydrogen-bond acceptors (Lipinski definition) is 27. The van der Waals surface area contributed by atoms with E-state index in [1.807, 2.05) is 175 Å². The first kappa shape index (κ1) is 107. The van der Waals surface area contributed by atoms with Crippen molar-refractivity contribution in [1.82, 2.24) is 58.5 Å². The average Bonchev–Trinajstić information content (AvgIpc) is 1.31. The SMILES string of the molecule is CC1=CC([C@H]2C[C@H](n3cc(CC4CCCC4)nn3)[C@@H](CO)O2)C(=O)CC1=O.Cc1cn(C/C=C\CCC(=O)C2c3ccccc3Oc3ccccc32)c(=O)[nH]c1=O.Cc1cn([C@H]2C[C@H](NC(=S)Nc3cccc(C(F)(F)F)c3)[C@@H](COC(c3ccccc3)(c3ccccc3)c3ccccc3)O2)c(=O)[nH]c1=O.O=c1[nH]c(=O)n([C@@H]2C[C@@H](O)[C@H](CO)O2)cc1-c1ccsc1.O=c1[nH]c(=O)n([C@H]2C[C@H](O)[C@@H](CO)O2)cc1-c1cccs1. The van der Waals surface area contributed by atoms with Gasteiger partial charge in [0.15, 0.2) is 10.9 Å². The number of aromatic amines is 4. The fraction of sp³-hybridized carbons (Fsp3) is 0.346. The van der Waals surface area contributed by atoms with Gasteiger partial charge in [0.2, 0.25) is 0 Å². The van der Waals surface area contributed by atoms with Crippen LogP contribution < -0.4 is 60.4 Å². The number of thiophene rings is 2. The zero-order chi connectivity index (χ0) is 105. The van der Waals surface area contributed by atoms with E-state index in [1.165, 1.54) is 104 Å². The van der Waals surface area contributed by atoms with Crippen LogP contribution in [0.15, 0.2) is 291 Å². The first-order valence-corrected chi connectivity index (χ1v) is 50.5. The second kappa shape index (κ2) is 48.3. The molecule has 7 aliphatic rings. The van der Waals surface area contributed by atoms with Crippen LogP contribution in [0, 0.1) is 25.7 Å². The minimum atomic E-state index is -4.52. The molecule has 11 N–H and O–H groups in total. The van der Waals surface area contributed by atoms with E-state index in [4.69, 9.17) is 50.9 Å². The van der Waals surface area contributed by atoms with Crippen molar-refractivity contribution < 1.29 is 81.5 Å². The number of aliphatic hydroxyl groups is 5. The third-order valence-corrected chi connectivity index (χ3v) is 28.7. The van der Waals surface area contributed by atoms with E-state index in [1.54, 1.807) is 49.0 Å². The molecule has 1 unspecified atom stereocenters. The van der Waals surface area contributed by atoms with Gasteiger partial charge in [0.05, 0.1) is 97.5 Å². The van der Waals surface area contributed by atoms with E-state index >= 15 is 0 Å². The first-order valence-electron chi connectivity index (χ1n) is 48.3. The molecule has 0 amide bonds. The largest absolute Gasteiger partial charge is 0.457 e. The van der Waals surface area contributed by atoms with Gasteiger partial charge in [0.25, 0.3) is 22.2 Å². The zero-order valence-corrected chi connectivity index (χ0v) is 83.0. The molecule has 13 aromatic rings. The van der Waals surface area contributed by atoms with E-state index in [9.17, 15) is 81.2 Å².